The molecule has 0 amide bonds. The van der Waals surface area contributed by atoms with Crippen molar-refractivity contribution in [2.75, 3.05) is 6.61 Å². The molecule has 8 heteroatoms. The highest BCUT2D eigenvalue weighted by atomic mass is 32.1. The van der Waals surface area contributed by atoms with Crippen molar-refractivity contribution in [3.63, 3.8) is 0 Å². The molecule has 0 saturated heterocycles. The Kier molecular flexibility index (Phi) is 5.20. The molecule has 1 N–H and O–H groups in total. The number of nitrogens with zero attached hydrogens (tertiary/aromatic N) is 2. The van der Waals surface area contributed by atoms with Crippen LogP contribution in [0.25, 0.3) is 22.2 Å². The zero-order valence-electron chi connectivity index (χ0n) is 13.6. The predicted octanol–water partition coefficient (Wildman–Crippen LogP) is 3.69. The Balaban J connectivity index is 1.84. The van der Waals surface area contributed by atoms with Gasteiger partial charge in [0.1, 0.15) is 16.4 Å². The number of aromatic nitrogens is 3. The van der Waals surface area contributed by atoms with Crippen LogP contribution < -0.4 is 5.56 Å². The van der Waals surface area contributed by atoms with Crippen LogP contribution in [0.15, 0.2) is 33.2 Å². The number of hydrogen-bond acceptors (Lipinski definition) is 7. The maximum Gasteiger partial charge on any atom is 0.345 e. The minimum absolute atomic E-state index is 0.105. The summed E-state index contributed by atoms with van der Waals surface area (Å²) in [5, 5.41) is 6.95. The highest BCUT2D eigenvalue weighted by Crippen LogP contribution is 2.27. The molecule has 0 fully saturated rings. The molecule has 128 valence electrons. The Morgan fingerprint density at radius 3 is 2.92 bits per heavy atom. The normalized spacial score (nSPS) is 11.5. The molecular weight excluding hydrogens is 358 g/mol. The molecule has 25 heavy (non-hydrogen) atoms. The average molecular weight is 373 g/mol. The highest BCUT2D eigenvalue weighted by molar-refractivity contribution is 7.14. The van der Waals surface area contributed by atoms with E-state index in [4.69, 9.17) is 4.74 Å². The third kappa shape index (κ3) is 3.92. The molecule has 0 aliphatic rings. The number of thiophene rings is 1. The van der Waals surface area contributed by atoms with E-state index < -0.39 is 11.5 Å². The van der Waals surface area contributed by atoms with Crippen molar-refractivity contribution in [3.8, 4) is 10.6 Å². The van der Waals surface area contributed by atoms with Gasteiger partial charge in [0.05, 0.1) is 12.3 Å². The topological polar surface area (TPSA) is 84.9 Å². The fourth-order valence-corrected chi connectivity index (χ4v) is 3.60. The Bertz CT molecular complexity index is 971. The summed E-state index contributed by atoms with van der Waals surface area (Å²) >= 11 is 3.18. The van der Waals surface area contributed by atoms with Crippen molar-refractivity contribution >= 4 is 40.3 Å². The van der Waals surface area contributed by atoms with Gasteiger partial charge in [-0.05, 0) is 36.9 Å². The van der Waals surface area contributed by atoms with E-state index in [1.165, 1.54) is 6.20 Å². The minimum Gasteiger partial charge on any atom is -0.462 e. The van der Waals surface area contributed by atoms with Crippen molar-refractivity contribution in [2.24, 2.45) is 0 Å². The summed E-state index contributed by atoms with van der Waals surface area (Å²) in [6, 6.07) is 2.02. The molecule has 0 spiro atoms. The van der Waals surface area contributed by atoms with Crippen LogP contribution in [0.1, 0.15) is 35.7 Å². The molecular formula is C17H15N3O3S2. The maximum absolute atomic E-state index is 12.0. The molecule has 0 saturated carbocycles. The lowest BCUT2D eigenvalue weighted by Gasteiger charge is -2.03. The fraction of sp³-hybridized carbons (Fsp3) is 0.176. The smallest absolute Gasteiger partial charge is 0.345 e. The summed E-state index contributed by atoms with van der Waals surface area (Å²) in [6.45, 7) is 3.71. The SMILES string of the molecule is CCOC(=O)c1cnc(/C(C)=C/c2csc(-c3ccsc3)n2)[nH]c1=O. The van der Waals surface area contributed by atoms with E-state index in [2.05, 4.69) is 15.0 Å². The number of allylic oxidation sites excluding steroid dienone is 1. The number of carbonyl (C=O) groups is 1. The van der Waals surface area contributed by atoms with Crippen LogP contribution >= 0.6 is 22.7 Å². The molecule has 3 aromatic rings. The Morgan fingerprint density at radius 1 is 1.40 bits per heavy atom. The second kappa shape index (κ2) is 7.54. The molecule has 0 unspecified atom stereocenters. The number of aromatic amines is 1. The van der Waals surface area contributed by atoms with Crippen LogP contribution in [0.2, 0.25) is 0 Å². The second-order valence-corrected chi connectivity index (χ2v) is 6.75. The third-order valence-electron chi connectivity index (χ3n) is 3.32. The standard InChI is InChI=1S/C17H15N3O3S2/c1-3-23-17(22)13-7-18-14(20-15(13)21)10(2)6-12-9-25-16(19-12)11-4-5-24-8-11/h4-9H,3H2,1-2H3,(H,18,20,21)/b10-6+. The van der Waals surface area contributed by atoms with Gasteiger partial charge in [0.2, 0.25) is 0 Å². The summed E-state index contributed by atoms with van der Waals surface area (Å²) in [7, 11) is 0. The zero-order chi connectivity index (χ0) is 17.8. The molecule has 0 aromatic carbocycles. The van der Waals surface area contributed by atoms with Gasteiger partial charge in [0, 0.05) is 22.5 Å². The van der Waals surface area contributed by atoms with E-state index in [1.54, 1.807) is 29.6 Å². The summed E-state index contributed by atoms with van der Waals surface area (Å²) < 4.78 is 4.82. The van der Waals surface area contributed by atoms with Crippen LogP contribution in [-0.2, 0) is 4.74 Å². The number of rotatable bonds is 5. The van der Waals surface area contributed by atoms with Crippen LogP contribution in [0.4, 0.5) is 0 Å². The van der Waals surface area contributed by atoms with Gasteiger partial charge in [0.25, 0.3) is 5.56 Å². The molecule has 0 aliphatic heterocycles. The number of hydrogen-bond donors (Lipinski definition) is 1. The van der Waals surface area contributed by atoms with E-state index in [9.17, 15) is 9.59 Å². The molecule has 0 atom stereocenters. The molecule has 0 radical (unpaired) electrons. The highest BCUT2D eigenvalue weighted by Gasteiger charge is 2.13. The monoisotopic (exact) mass is 373 g/mol. The molecule has 3 heterocycles. The van der Waals surface area contributed by atoms with Crippen molar-refractivity contribution in [3.05, 3.63) is 55.8 Å². The van der Waals surface area contributed by atoms with Crippen LogP contribution in [0.3, 0.4) is 0 Å². The number of nitrogens with one attached hydrogen (secondary N) is 1. The van der Waals surface area contributed by atoms with E-state index in [0.29, 0.717) is 5.82 Å². The van der Waals surface area contributed by atoms with E-state index in [0.717, 1.165) is 21.8 Å². The number of esters is 1. The molecule has 0 bridgehead atoms. The predicted molar refractivity (Wildman–Crippen MR) is 99.8 cm³/mol. The van der Waals surface area contributed by atoms with E-state index >= 15 is 0 Å². The van der Waals surface area contributed by atoms with Crippen molar-refractivity contribution in [1.29, 1.82) is 0 Å². The first kappa shape index (κ1) is 17.2. The summed E-state index contributed by atoms with van der Waals surface area (Å²) in [5.74, 6) is -0.285. The van der Waals surface area contributed by atoms with Gasteiger partial charge in [-0.15, -0.1) is 11.3 Å². The minimum atomic E-state index is -0.677. The quantitative estimate of drug-likeness (QED) is 0.690. The fourth-order valence-electron chi connectivity index (χ4n) is 2.11. The number of thiazole rings is 1. The van der Waals surface area contributed by atoms with Gasteiger partial charge >= 0.3 is 5.97 Å². The summed E-state index contributed by atoms with van der Waals surface area (Å²) in [5.41, 5.74) is 2.01. The van der Waals surface area contributed by atoms with Crippen LogP contribution in [0, 0.1) is 0 Å². The Hall–Kier alpha value is -2.58. The second-order valence-electron chi connectivity index (χ2n) is 5.11. The molecule has 0 aliphatic carbocycles. The van der Waals surface area contributed by atoms with Gasteiger partial charge in [0.15, 0.2) is 0 Å². The Morgan fingerprint density at radius 2 is 2.24 bits per heavy atom. The lowest BCUT2D eigenvalue weighted by atomic mass is 10.2. The van der Waals surface area contributed by atoms with Crippen LogP contribution in [0.5, 0.6) is 0 Å². The largest absolute Gasteiger partial charge is 0.462 e. The number of ether oxygens (including phenoxy) is 1. The first-order valence-electron chi connectivity index (χ1n) is 7.51. The van der Waals surface area contributed by atoms with Gasteiger partial charge < -0.3 is 9.72 Å². The van der Waals surface area contributed by atoms with Crippen molar-refractivity contribution in [1.82, 2.24) is 15.0 Å². The van der Waals surface area contributed by atoms with E-state index in [1.807, 2.05) is 35.2 Å². The van der Waals surface area contributed by atoms with Gasteiger partial charge in [-0.25, -0.2) is 14.8 Å². The lowest BCUT2D eigenvalue weighted by molar-refractivity contribution is 0.0523. The zero-order valence-corrected chi connectivity index (χ0v) is 15.2. The van der Waals surface area contributed by atoms with Crippen molar-refractivity contribution < 1.29 is 9.53 Å². The van der Waals surface area contributed by atoms with E-state index in [-0.39, 0.29) is 12.2 Å². The summed E-state index contributed by atoms with van der Waals surface area (Å²) in [4.78, 5) is 35.0. The number of carbonyl (C=O) groups excluding carboxylic acids is 1. The first-order valence-corrected chi connectivity index (χ1v) is 9.34. The molecule has 3 rings (SSSR count). The van der Waals surface area contributed by atoms with Gasteiger partial charge in [-0.1, -0.05) is 0 Å². The first-order chi connectivity index (χ1) is 12.1. The van der Waals surface area contributed by atoms with Gasteiger partial charge in [-0.3, -0.25) is 4.79 Å². The maximum atomic E-state index is 12.0. The average Bonchev–Trinajstić information content (AvgIpc) is 3.26. The van der Waals surface area contributed by atoms with Gasteiger partial charge in [-0.2, -0.15) is 11.3 Å². The Labute approximate surface area is 151 Å². The number of H-pyrrole nitrogens is 1. The third-order valence-corrected chi connectivity index (χ3v) is 4.92. The molecule has 6 nitrogen and oxygen atoms in total. The lowest BCUT2D eigenvalue weighted by Crippen LogP contribution is -2.21. The summed E-state index contributed by atoms with van der Waals surface area (Å²) in [6.07, 6.45) is 3.08. The molecule has 3 aromatic heterocycles. The van der Waals surface area contributed by atoms with Crippen molar-refractivity contribution in [2.45, 2.75) is 13.8 Å². The van der Waals surface area contributed by atoms with Crippen LogP contribution in [-0.4, -0.2) is 27.5 Å².